The van der Waals surface area contributed by atoms with Crippen molar-refractivity contribution in [1.29, 1.82) is 0 Å². The fraction of sp³-hybridized carbons (Fsp3) is 0.533. The Labute approximate surface area is 341 Å². The normalized spacial score (nSPS) is 21.8. The number of rotatable bonds is 17. The molecule has 21 nitrogen and oxygen atoms in total. The number of nitrogens with one attached hydrogen (secondary N) is 1. The van der Waals surface area contributed by atoms with E-state index in [2.05, 4.69) is 78.2 Å². The highest BCUT2D eigenvalue weighted by atomic mass is 31.2. The number of terminal acetylenes is 1. The molecule has 0 aromatic carbocycles. The molecule has 0 spiro atoms. The van der Waals surface area contributed by atoms with Crippen molar-refractivity contribution in [3.8, 4) is 71.7 Å². The van der Waals surface area contributed by atoms with E-state index in [1.807, 2.05) is 12.8 Å². The van der Waals surface area contributed by atoms with E-state index in [4.69, 9.17) is 45.1 Å². The van der Waals surface area contributed by atoms with Crippen LogP contribution in [0.2, 0.25) is 0 Å². The Morgan fingerprint density at radius 2 is 1.41 bits per heavy atom. The fourth-order valence-corrected chi connectivity index (χ4v) is 5.84. The summed E-state index contributed by atoms with van der Waals surface area (Å²) in [6.45, 7) is 1.91. The number of carbonyl (C=O) groups is 2. The van der Waals surface area contributed by atoms with Gasteiger partial charge in [0.1, 0.15) is 49.5 Å². The van der Waals surface area contributed by atoms with Crippen LogP contribution in [0.1, 0.15) is 69.5 Å². The number of ether oxygens (including phenoxy) is 2. The molecule has 0 aromatic rings. The summed E-state index contributed by atoms with van der Waals surface area (Å²) in [7, 11) is -16.4. The third-order valence-electron chi connectivity index (χ3n) is 5.81. The molecule has 54 heavy (non-hydrogen) atoms. The minimum atomic E-state index is -5.56. The first-order chi connectivity index (χ1) is 25.2. The largest absolute Gasteiger partial charge is 0.472 e. The van der Waals surface area contributed by atoms with Crippen LogP contribution in [0.4, 0.5) is 0 Å². The average molecular weight is 868 g/mol. The second kappa shape index (κ2) is 26.3. The molecule has 8 atom stereocenters. The van der Waals surface area contributed by atoms with E-state index in [0.29, 0.717) is 6.42 Å². The highest BCUT2D eigenvalue weighted by Gasteiger charge is 2.56. The average Bonchev–Trinajstić information content (AvgIpc) is 3.07. The van der Waals surface area contributed by atoms with Gasteiger partial charge < -0.3 is 54.4 Å². The fourth-order valence-electron chi connectivity index (χ4n) is 3.75. The van der Waals surface area contributed by atoms with Crippen LogP contribution in [-0.2, 0) is 50.9 Å². The van der Waals surface area contributed by atoms with Gasteiger partial charge in [0.25, 0.3) is 0 Å². The zero-order valence-corrected chi connectivity index (χ0v) is 31.1. The smallest absolute Gasteiger partial charge is 0.450 e. The molecule has 0 aromatic heterocycles. The van der Waals surface area contributed by atoms with Crippen LogP contribution >= 0.6 is 23.5 Å². The van der Waals surface area contributed by atoms with Gasteiger partial charge >= 0.3 is 29.4 Å². The first-order valence-electron chi connectivity index (χ1n) is 15.0. The predicted octanol–water partition coefficient (Wildman–Crippen LogP) is 2.90. The second-order valence-electron chi connectivity index (χ2n) is 9.95. The number of aliphatic hydroxyl groups excluding tert-OH is 4. The van der Waals surface area contributed by atoms with Crippen molar-refractivity contribution in [1.82, 2.24) is 5.32 Å². The molecule has 24 heteroatoms. The number of phosphoric acid groups is 3. The molecule has 0 radical (unpaired) electrons. The summed E-state index contributed by atoms with van der Waals surface area (Å²) in [4.78, 5) is 69.1. The van der Waals surface area contributed by atoms with Gasteiger partial charge in [0, 0.05) is 72.7 Å². The number of carbonyl (C=O) groups excluding carboxylic acids is 2. The van der Waals surface area contributed by atoms with Crippen LogP contribution in [0.3, 0.4) is 0 Å². The maximum Gasteiger partial charge on any atom is 0.472 e. The molecule has 0 aliphatic heterocycles. The van der Waals surface area contributed by atoms with E-state index in [1.165, 1.54) is 6.92 Å². The van der Waals surface area contributed by atoms with Crippen LogP contribution < -0.4 is 5.32 Å². The predicted molar refractivity (Wildman–Crippen MR) is 225 cm³/mol. The maximum atomic E-state index is 12.6. The number of amides is 1. The van der Waals surface area contributed by atoms with E-state index in [1.54, 1.807) is 0 Å². The molecular formula is C30H80NO20P3. The Bertz CT molecular complexity index is 1810. The summed E-state index contributed by atoms with van der Waals surface area (Å²) < 4.78 is 62.7. The number of hydrogen-bond acceptors (Lipinski definition) is 15. The molecule has 0 saturated heterocycles. The van der Waals surface area contributed by atoms with Gasteiger partial charge in [-0.2, -0.15) is 0 Å². The first kappa shape index (κ1) is 50.4. The molecule has 0 bridgehead atoms. The lowest BCUT2D eigenvalue weighted by molar-refractivity contribution is -0.213. The molecule has 1 fully saturated rings. The zero-order valence-electron chi connectivity index (χ0n) is 28.4. The Kier molecular flexibility index (Phi) is 24.5. The lowest BCUT2D eigenvalue weighted by Gasteiger charge is -2.44. The molecule has 1 aliphatic carbocycles. The van der Waals surface area contributed by atoms with E-state index in [-0.39, 0.29) is 55.3 Å². The van der Waals surface area contributed by atoms with Gasteiger partial charge in [0.15, 0.2) is 0 Å². The van der Waals surface area contributed by atoms with Crippen LogP contribution in [-0.4, -0.2) is 120 Å². The van der Waals surface area contributed by atoms with Crippen molar-refractivity contribution in [2.45, 2.75) is 82.3 Å². The van der Waals surface area contributed by atoms with Gasteiger partial charge in [-0.1, -0.05) is 12.8 Å². The molecule has 4 unspecified atom stereocenters. The Morgan fingerprint density at radius 1 is 0.833 bits per heavy atom. The van der Waals surface area contributed by atoms with Crippen LogP contribution in [0.25, 0.3) is 0 Å². The lowest BCUT2D eigenvalue weighted by Crippen LogP contribution is -2.65. The van der Waals surface area contributed by atoms with E-state index in [0.717, 1.165) is 6.42 Å². The Balaban J connectivity index is -0.0000000359. The van der Waals surface area contributed by atoms with E-state index in [9.17, 15) is 43.5 Å². The molecule has 1 saturated carbocycles. The number of hydrogen-bond donors (Lipinski definition) is 10. The minimum absolute atomic E-state index is 0. The summed E-state index contributed by atoms with van der Waals surface area (Å²) in [5.74, 6) is 21.8. The zero-order chi connectivity index (χ0) is 41.4. The maximum absolute atomic E-state index is 12.6. The monoisotopic (exact) mass is 867 g/mol. The SMILES string of the molecule is C#CC#CC#CC#CNC(=O)CCC.CC#CC#CC(=O)O[C@H](CCCOCO)COP(=O)(O)OC1C(O)[C@H](OP(=O)(O)O)[C@H](OP(=O)(O)O)C(O)[C@@H]1O.[HH].[HH].[HH].[HH].[HH].[HH].[HH].[HH].[HH].[HH].[HH].[HH].[HH].[HH].[HH].[HH].[HH].[HH].[HH].[HH].[HH]. The molecular weight excluding hydrogens is 787 g/mol. The Morgan fingerprint density at radius 3 is 1.96 bits per heavy atom. The summed E-state index contributed by atoms with van der Waals surface area (Å²) in [5.41, 5.74) is 0. The molecule has 0 heterocycles. The third-order valence-corrected chi connectivity index (χ3v) is 7.83. The summed E-state index contributed by atoms with van der Waals surface area (Å²) >= 11 is 0. The number of esters is 1. The van der Waals surface area contributed by atoms with Gasteiger partial charge in [0.05, 0.1) is 6.61 Å². The topological polar surface area (TPSA) is 335 Å². The lowest BCUT2D eigenvalue weighted by atomic mass is 9.85. The van der Waals surface area contributed by atoms with Crippen molar-refractivity contribution in [2.75, 3.05) is 20.0 Å². The van der Waals surface area contributed by atoms with Crippen molar-refractivity contribution < 1.29 is 126 Å². The van der Waals surface area contributed by atoms with Gasteiger partial charge in [-0.25, -0.2) is 18.5 Å². The highest BCUT2D eigenvalue weighted by Crippen LogP contribution is 2.51. The van der Waals surface area contributed by atoms with Crippen LogP contribution in [0, 0.1) is 71.7 Å². The molecule has 340 valence electrons. The Hall–Kier alpha value is -3.57. The molecule has 1 amide bonds. The van der Waals surface area contributed by atoms with E-state index >= 15 is 0 Å². The number of aliphatic hydroxyl groups is 4. The number of phosphoric ester groups is 3. The third kappa shape index (κ3) is 23.3. The summed E-state index contributed by atoms with van der Waals surface area (Å²) in [6, 6.07) is 2.40. The second-order valence-corrected chi connectivity index (χ2v) is 13.7. The quantitative estimate of drug-likeness (QED) is 0.0191. The van der Waals surface area contributed by atoms with Crippen molar-refractivity contribution in [3.05, 3.63) is 0 Å². The van der Waals surface area contributed by atoms with Crippen LogP contribution in [0.5, 0.6) is 0 Å². The van der Waals surface area contributed by atoms with Crippen molar-refractivity contribution in [2.24, 2.45) is 0 Å². The molecule has 1 rings (SSSR count). The highest BCUT2D eigenvalue weighted by molar-refractivity contribution is 7.47. The summed E-state index contributed by atoms with van der Waals surface area (Å²) in [6.07, 6.45) is -9.92. The molecule has 10 N–H and O–H groups in total. The first-order valence-corrected chi connectivity index (χ1v) is 19.5. The van der Waals surface area contributed by atoms with Gasteiger partial charge in [-0.3, -0.25) is 28.2 Å². The van der Waals surface area contributed by atoms with E-state index < -0.39 is 85.6 Å². The standard InChI is InChI=1S/C18H29O19P3.C12H9NO.21H2/c1-2-3-4-7-12(20)34-11(6-5-8-32-10-19)9-33-40(30,31)37-16-13(21)14(22)17(35-38(24,25)26)18(15(16)23)36-39(27,28)29;1-3-5-6-7-8-9-11-13-12(14)10-4-2;;;;;;;;;;;;;;;;;;;;;/h11,13-19,21-23H,5-6,8-10H2,1H3,(H,30,31)(H2,24,25,26)(H2,27,28,29);1H,4,10H2,2H3,(H,13,14);21*1H/t11-,13+,14?,15?,16?,17-,18+;;;;;;;;;;;;;;;;;;;;;;/m1....................../s1. The minimum Gasteiger partial charge on any atom is -0.450 e. The van der Waals surface area contributed by atoms with Gasteiger partial charge in [-0.15, -0.1) is 6.42 Å². The van der Waals surface area contributed by atoms with Gasteiger partial charge in [-0.05, 0) is 55.8 Å². The van der Waals surface area contributed by atoms with Crippen molar-refractivity contribution in [3.63, 3.8) is 0 Å². The molecule has 1 aliphatic rings. The van der Waals surface area contributed by atoms with Gasteiger partial charge in [0.2, 0.25) is 5.91 Å². The van der Waals surface area contributed by atoms with Crippen LogP contribution in [0.15, 0.2) is 0 Å². The summed E-state index contributed by atoms with van der Waals surface area (Å²) in [5, 5.41) is 42.0. The van der Waals surface area contributed by atoms with Crippen molar-refractivity contribution >= 4 is 35.3 Å².